The predicted molar refractivity (Wildman–Crippen MR) is 57.5 cm³/mol. The number of ether oxygens (including phenoxy) is 1. The highest BCUT2D eigenvalue weighted by Crippen LogP contribution is 2.19. The number of rotatable bonds is 1. The molecule has 0 spiro atoms. The Morgan fingerprint density at radius 1 is 1.29 bits per heavy atom. The first-order valence-corrected chi connectivity index (χ1v) is 5.84. The van der Waals surface area contributed by atoms with Crippen molar-refractivity contribution in [2.24, 2.45) is 0 Å². The van der Waals surface area contributed by atoms with Gasteiger partial charge in [-0.05, 0) is 33.2 Å². The first-order valence-electron chi connectivity index (χ1n) is 5.84. The van der Waals surface area contributed by atoms with Gasteiger partial charge in [-0.25, -0.2) is 0 Å². The van der Waals surface area contributed by atoms with Gasteiger partial charge in [0, 0.05) is 31.3 Å². The molecule has 2 saturated heterocycles. The molecule has 2 aliphatic heterocycles. The van der Waals surface area contributed by atoms with E-state index in [-0.39, 0.29) is 0 Å². The van der Waals surface area contributed by atoms with Crippen molar-refractivity contribution in [3.05, 3.63) is 0 Å². The zero-order valence-electron chi connectivity index (χ0n) is 9.33. The summed E-state index contributed by atoms with van der Waals surface area (Å²) in [6.07, 6.45) is 2.48. The monoisotopic (exact) mass is 198 g/mol. The van der Waals surface area contributed by atoms with Gasteiger partial charge >= 0.3 is 0 Å². The van der Waals surface area contributed by atoms with Gasteiger partial charge in [-0.3, -0.25) is 4.90 Å². The number of nitrogens with one attached hydrogen (secondary N) is 1. The van der Waals surface area contributed by atoms with E-state index in [1.807, 2.05) is 0 Å². The minimum Gasteiger partial charge on any atom is -0.380 e. The topological polar surface area (TPSA) is 24.5 Å². The highest BCUT2D eigenvalue weighted by Gasteiger charge is 2.29. The molecule has 3 atom stereocenters. The summed E-state index contributed by atoms with van der Waals surface area (Å²) in [6.45, 7) is 8.85. The SMILES string of the molecule is CC1CN(C2CCOC2)C(C)CCN1. The minimum absolute atomic E-state index is 0.626. The summed E-state index contributed by atoms with van der Waals surface area (Å²) in [4.78, 5) is 2.64. The average molecular weight is 198 g/mol. The smallest absolute Gasteiger partial charge is 0.0622 e. The van der Waals surface area contributed by atoms with Crippen molar-refractivity contribution in [2.75, 3.05) is 26.3 Å². The van der Waals surface area contributed by atoms with Crippen molar-refractivity contribution in [2.45, 2.75) is 44.8 Å². The molecule has 0 aromatic heterocycles. The minimum atomic E-state index is 0.626. The number of nitrogens with zero attached hydrogens (tertiary/aromatic N) is 1. The summed E-state index contributed by atoms with van der Waals surface area (Å²) in [5, 5.41) is 3.55. The standard InChI is InChI=1S/C11H22N2O/c1-9-7-13(10(2)3-5-12-9)11-4-6-14-8-11/h9-12H,3-8H2,1-2H3. The molecule has 3 unspecified atom stereocenters. The van der Waals surface area contributed by atoms with Crippen LogP contribution in [0.3, 0.4) is 0 Å². The highest BCUT2D eigenvalue weighted by molar-refractivity contribution is 4.85. The normalized spacial score (nSPS) is 41.1. The lowest BCUT2D eigenvalue weighted by Gasteiger charge is -2.32. The van der Waals surface area contributed by atoms with E-state index in [1.165, 1.54) is 19.4 Å². The molecule has 14 heavy (non-hydrogen) atoms. The van der Waals surface area contributed by atoms with Gasteiger partial charge in [0.15, 0.2) is 0 Å². The van der Waals surface area contributed by atoms with E-state index >= 15 is 0 Å². The van der Waals surface area contributed by atoms with E-state index in [1.54, 1.807) is 0 Å². The molecule has 2 heterocycles. The summed E-state index contributed by atoms with van der Waals surface area (Å²) in [5.41, 5.74) is 0. The van der Waals surface area contributed by atoms with Crippen LogP contribution < -0.4 is 5.32 Å². The van der Waals surface area contributed by atoms with Crippen LogP contribution in [0.15, 0.2) is 0 Å². The molecule has 2 rings (SSSR count). The van der Waals surface area contributed by atoms with Crippen molar-refractivity contribution in [3.63, 3.8) is 0 Å². The summed E-state index contributed by atoms with van der Waals surface area (Å²) in [6, 6.07) is 2.01. The van der Waals surface area contributed by atoms with Gasteiger partial charge in [0.25, 0.3) is 0 Å². The van der Waals surface area contributed by atoms with E-state index in [0.29, 0.717) is 18.1 Å². The Labute approximate surface area is 86.8 Å². The maximum absolute atomic E-state index is 5.47. The van der Waals surface area contributed by atoms with E-state index in [2.05, 4.69) is 24.1 Å². The van der Waals surface area contributed by atoms with Gasteiger partial charge in [-0.1, -0.05) is 0 Å². The van der Waals surface area contributed by atoms with Crippen molar-refractivity contribution in [1.29, 1.82) is 0 Å². The van der Waals surface area contributed by atoms with Gasteiger partial charge in [0.05, 0.1) is 6.61 Å². The molecular weight excluding hydrogens is 176 g/mol. The Morgan fingerprint density at radius 3 is 2.86 bits per heavy atom. The molecule has 2 fully saturated rings. The second-order valence-corrected chi connectivity index (χ2v) is 4.71. The van der Waals surface area contributed by atoms with Crippen LogP contribution in [0.4, 0.5) is 0 Å². The number of hydrogen-bond acceptors (Lipinski definition) is 3. The van der Waals surface area contributed by atoms with Gasteiger partial charge in [-0.2, -0.15) is 0 Å². The van der Waals surface area contributed by atoms with Crippen molar-refractivity contribution in [1.82, 2.24) is 10.2 Å². The zero-order chi connectivity index (χ0) is 9.97. The number of hydrogen-bond donors (Lipinski definition) is 1. The van der Waals surface area contributed by atoms with Crippen molar-refractivity contribution < 1.29 is 4.74 Å². The molecule has 3 nitrogen and oxygen atoms in total. The van der Waals surface area contributed by atoms with Crippen LogP contribution in [0, 0.1) is 0 Å². The largest absolute Gasteiger partial charge is 0.380 e. The first-order chi connectivity index (χ1) is 6.77. The Balaban J connectivity index is 1.97. The fraction of sp³-hybridized carbons (Fsp3) is 1.00. The third-order valence-corrected chi connectivity index (χ3v) is 3.48. The molecule has 0 aromatic rings. The maximum Gasteiger partial charge on any atom is 0.0622 e. The molecule has 82 valence electrons. The molecule has 0 aliphatic carbocycles. The van der Waals surface area contributed by atoms with E-state index in [9.17, 15) is 0 Å². The Hall–Kier alpha value is -0.120. The molecule has 0 aromatic carbocycles. The second-order valence-electron chi connectivity index (χ2n) is 4.71. The van der Waals surface area contributed by atoms with E-state index < -0.39 is 0 Å². The van der Waals surface area contributed by atoms with Crippen LogP contribution in [0.25, 0.3) is 0 Å². The van der Waals surface area contributed by atoms with Crippen LogP contribution >= 0.6 is 0 Å². The van der Waals surface area contributed by atoms with Gasteiger partial charge in [0.1, 0.15) is 0 Å². The fourth-order valence-electron chi connectivity index (χ4n) is 2.56. The average Bonchev–Trinajstić information content (AvgIpc) is 2.61. The molecule has 0 saturated carbocycles. The van der Waals surface area contributed by atoms with E-state index in [0.717, 1.165) is 19.8 Å². The fourth-order valence-corrected chi connectivity index (χ4v) is 2.56. The molecule has 1 N–H and O–H groups in total. The Kier molecular flexibility index (Phi) is 3.42. The van der Waals surface area contributed by atoms with Gasteiger partial charge in [-0.15, -0.1) is 0 Å². The molecular formula is C11H22N2O. The predicted octanol–water partition coefficient (Wildman–Crippen LogP) is 0.848. The lowest BCUT2D eigenvalue weighted by molar-refractivity contribution is 0.114. The van der Waals surface area contributed by atoms with Crippen LogP contribution in [-0.4, -0.2) is 49.3 Å². The summed E-state index contributed by atoms with van der Waals surface area (Å²) in [5.74, 6) is 0. The summed E-state index contributed by atoms with van der Waals surface area (Å²) >= 11 is 0. The van der Waals surface area contributed by atoms with Crippen LogP contribution in [0.5, 0.6) is 0 Å². The summed E-state index contributed by atoms with van der Waals surface area (Å²) in [7, 11) is 0. The van der Waals surface area contributed by atoms with E-state index in [4.69, 9.17) is 4.74 Å². The van der Waals surface area contributed by atoms with Gasteiger partial charge in [0.2, 0.25) is 0 Å². The Morgan fingerprint density at radius 2 is 2.14 bits per heavy atom. The maximum atomic E-state index is 5.47. The molecule has 0 amide bonds. The molecule has 3 heteroatoms. The molecule has 0 bridgehead atoms. The third-order valence-electron chi connectivity index (χ3n) is 3.48. The third kappa shape index (κ3) is 2.27. The van der Waals surface area contributed by atoms with Crippen LogP contribution in [0.1, 0.15) is 26.7 Å². The van der Waals surface area contributed by atoms with Crippen molar-refractivity contribution in [3.8, 4) is 0 Å². The highest BCUT2D eigenvalue weighted by atomic mass is 16.5. The van der Waals surface area contributed by atoms with Gasteiger partial charge < -0.3 is 10.1 Å². The molecule has 0 radical (unpaired) electrons. The van der Waals surface area contributed by atoms with Crippen LogP contribution in [0.2, 0.25) is 0 Å². The lowest BCUT2D eigenvalue weighted by Crippen LogP contribution is -2.45. The van der Waals surface area contributed by atoms with Crippen molar-refractivity contribution >= 4 is 0 Å². The lowest BCUT2D eigenvalue weighted by atomic mass is 10.1. The first kappa shape index (κ1) is 10.4. The Bertz CT molecular complexity index is 180. The zero-order valence-corrected chi connectivity index (χ0v) is 9.33. The molecule has 2 aliphatic rings. The van der Waals surface area contributed by atoms with Crippen LogP contribution in [-0.2, 0) is 4.74 Å². The quantitative estimate of drug-likeness (QED) is 0.676. The second kappa shape index (κ2) is 4.60. The summed E-state index contributed by atoms with van der Waals surface area (Å²) < 4.78 is 5.47.